The molecule has 0 aliphatic rings. The average molecular weight is 220 g/mol. The molecule has 0 aliphatic carbocycles. The topological polar surface area (TPSA) is 74.6 Å². The summed E-state index contributed by atoms with van der Waals surface area (Å²) in [5, 5.41) is 12.0. The first-order chi connectivity index (χ1) is 7.70. The maximum atomic E-state index is 5.71. The Balaban J connectivity index is 2.04. The van der Waals surface area contributed by atoms with Gasteiger partial charge in [-0.2, -0.15) is 5.10 Å². The van der Waals surface area contributed by atoms with Crippen molar-refractivity contribution in [2.24, 2.45) is 7.05 Å². The standard InChI is InChI=1S/C10H16N6/c1-3-9-10(11)13-14-16(9)5-4-8-6-12-15(2)7-8/h6-7H,3-5,11H2,1-2H3. The summed E-state index contributed by atoms with van der Waals surface area (Å²) in [6.07, 6.45) is 5.62. The lowest BCUT2D eigenvalue weighted by Crippen LogP contribution is -2.07. The predicted molar refractivity (Wildman–Crippen MR) is 60.7 cm³/mol. The lowest BCUT2D eigenvalue weighted by Gasteiger charge is -2.03. The van der Waals surface area contributed by atoms with Gasteiger partial charge in [-0.3, -0.25) is 4.68 Å². The molecule has 0 fully saturated rings. The Morgan fingerprint density at radius 3 is 2.88 bits per heavy atom. The van der Waals surface area contributed by atoms with Gasteiger partial charge in [0.1, 0.15) is 0 Å². The van der Waals surface area contributed by atoms with E-state index >= 15 is 0 Å². The smallest absolute Gasteiger partial charge is 0.169 e. The molecule has 0 spiro atoms. The van der Waals surface area contributed by atoms with E-state index in [1.165, 1.54) is 5.56 Å². The molecule has 2 rings (SSSR count). The fourth-order valence-electron chi connectivity index (χ4n) is 1.73. The third-order valence-electron chi connectivity index (χ3n) is 2.57. The first-order valence-corrected chi connectivity index (χ1v) is 5.36. The summed E-state index contributed by atoms with van der Waals surface area (Å²) in [5.74, 6) is 0.536. The highest BCUT2D eigenvalue weighted by atomic mass is 15.4. The summed E-state index contributed by atoms with van der Waals surface area (Å²) in [6.45, 7) is 2.84. The molecule has 0 saturated carbocycles. The zero-order chi connectivity index (χ0) is 11.5. The van der Waals surface area contributed by atoms with Crippen LogP contribution < -0.4 is 5.73 Å². The van der Waals surface area contributed by atoms with Gasteiger partial charge in [-0.05, 0) is 18.4 Å². The number of nitrogen functional groups attached to an aromatic ring is 1. The van der Waals surface area contributed by atoms with Crippen LogP contribution in [0.4, 0.5) is 5.82 Å². The van der Waals surface area contributed by atoms with Crippen LogP contribution in [0.2, 0.25) is 0 Å². The van der Waals surface area contributed by atoms with E-state index in [-0.39, 0.29) is 0 Å². The van der Waals surface area contributed by atoms with Crippen molar-refractivity contribution >= 4 is 5.82 Å². The molecule has 0 amide bonds. The normalized spacial score (nSPS) is 10.9. The molecule has 2 N–H and O–H groups in total. The van der Waals surface area contributed by atoms with Gasteiger partial charge in [-0.15, -0.1) is 5.10 Å². The number of nitrogens with zero attached hydrogens (tertiary/aromatic N) is 5. The second-order valence-electron chi connectivity index (χ2n) is 3.77. The number of aromatic nitrogens is 5. The van der Waals surface area contributed by atoms with Crippen molar-refractivity contribution in [3.05, 3.63) is 23.7 Å². The van der Waals surface area contributed by atoms with E-state index in [2.05, 4.69) is 22.3 Å². The molecule has 2 aromatic rings. The fraction of sp³-hybridized carbons (Fsp3) is 0.500. The third kappa shape index (κ3) is 2.05. The van der Waals surface area contributed by atoms with E-state index in [9.17, 15) is 0 Å². The van der Waals surface area contributed by atoms with Crippen LogP contribution >= 0.6 is 0 Å². The molecule has 0 unspecified atom stereocenters. The van der Waals surface area contributed by atoms with Gasteiger partial charge in [0.2, 0.25) is 0 Å². The maximum absolute atomic E-state index is 5.71. The van der Waals surface area contributed by atoms with Gasteiger partial charge in [0.05, 0.1) is 11.9 Å². The van der Waals surface area contributed by atoms with E-state index in [4.69, 9.17) is 5.73 Å². The predicted octanol–water partition coefficient (Wildman–Crippen LogP) is 0.399. The molecule has 86 valence electrons. The van der Waals surface area contributed by atoms with Crippen LogP contribution in [0.3, 0.4) is 0 Å². The minimum absolute atomic E-state index is 0.536. The minimum atomic E-state index is 0.536. The van der Waals surface area contributed by atoms with E-state index in [0.717, 1.165) is 25.1 Å². The molecular formula is C10H16N6. The largest absolute Gasteiger partial charge is 0.381 e. The maximum Gasteiger partial charge on any atom is 0.169 e. The molecule has 2 aromatic heterocycles. The number of hydrogen-bond donors (Lipinski definition) is 1. The summed E-state index contributed by atoms with van der Waals surface area (Å²) in [4.78, 5) is 0. The minimum Gasteiger partial charge on any atom is -0.381 e. The van der Waals surface area contributed by atoms with Crippen LogP contribution in [0.5, 0.6) is 0 Å². The Kier molecular flexibility index (Phi) is 2.89. The van der Waals surface area contributed by atoms with Crippen LogP contribution in [0.25, 0.3) is 0 Å². The lowest BCUT2D eigenvalue weighted by molar-refractivity contribution is 0.567. The van der Waals surface area contributed by atoms with Gasteiger partial charge < -0.3 is 5.73 Å². The van der Waals surface area contributed by atoms with Crippen molar-refractivity contribution in [1.82, 2.24) is 24.8 Å². The van der Waals surface area contributed by atoms with Crippen LogP contribution in [0.1, 0.15) is 18.2 Å². The molecule has 16 heavy (non-hydrogen) atoms. The Labute approximate surface area is 94.1 Å². The Bertz CT molecular complexity index is 469. The van der Waals surface area contributed by atoms with Crippen molar-refractivity contribution in [2.75, 3.05) is 5.73 Å². The molecule has 0 radical (unpaired) electrons. The number of anilines is 1. The Hall–Kier alpha value is -1.85. The van der Waals surface area contributed by atoms with Crippen LogP contribution in [-0.4, -0.2) is 24.8 Å². The second kappa shape index (κ2) is 4.34. The number of rotatable bonds is 4. The zero-order valence-electron chi connectivity index (χ0n) is 9.59. The summed E-state index contributed by atoms with van der Waals surface area (Å²) in [7, 11) is 1.91. The molecule has 0 aromatic carbocycles. The van der Waals surface area contributed by atoms with Crippen molar-refractivity contribution in [3.63, 3.8) is 0 Å². The summed E-state index contributed by atoms with van der Waals surface area (Å²) in [5.41, 5.74) is 7.91. The monoisotopic (exact) mass is 220 g/mol. The molecule has 0 bridgehead atoms. The highest BCUT2D eigenvalue weighted by Gasteiger charge is 2.07. The van der Waals surface area contributed by atoms with Crippen molar-refractivity contribution in [1.29, 1.82) is 0 Å². The summed E-state index contributed by atoms with van der Waals surface area (Å²) >= 11 is 0. The SMILES string of the molecule is CCc1c(N)nnn1CCc1cnn(C)c1. The highest BCUT2D eigenvalue weighted by molar-refractivity contribution is 5.32. The van der Waals surface area contributed by atoms with Gasteiger partial charge in [-0.25, -0.2) is 4.68 Å². The number of hydrogen-bond acceptors (Lipinski definition) is 4. The van der Waals surface area contributed by atoms with Crippen molar-refractivity contribution in [2.45, 2.75) is 26.3 Å². The first kappa shape index (κ1) is 10.7. The molecule has 2 heterocycles. The van der Waals surface area contributed by atoms with E-state index in [1.54, 1.807) is 4.68 Å². The van der Waals surface area contributed by atoms with Crippen LogP contribution in [-0.2, 0) is 26.4 Å². The third-order valence-corrected chi connectivity index (χ3v) is 2.57. The van der Waals surface area contributed by atoms with Crippen LogP contribution in [0.15, 0.2) is 12.4 Å². The summed E-state index contributed by atoms with van der Waals surface area (Å²) in [6, 6.07) is 0. The lowest BCUT2D eigenvalue weighted by atomic mass is 10.2. The number of aryl methyl sites for hydroxylation is 3. The van der Waals surface area contributed by atoms with E-state index < -0.39 is 0 Å². The highest BCUT2D eigenvalue weighted by Crippen LogP contribution is 2.09. The van der Waals surface area contributed by atoms with Crippen molar-refractivity contribution in [3.8, 4) is 0 Å². The quantitative estimate of drug-likeness (QED) is 0.809. The van der Waals surface area contributed by atoms with Crippen molar-refractivity contribution < 1.29 is 0 Å². The molecule has 0 aliphatic heterocycles. The van der Waals surface area contributed by atoms with Gasteiger partial charge >= 0.3 is 0 Å². The van der Waals surface area contributed by atoms with Gasteiger partial charge in [0.15, 0.2) is 5.82 Å². The Morgan fingerprint density at radius 2 is 2.25 bits per heavy atom. The molecular weight excluding hydrogens is 204 g/mol. The average Bonchev–Trinajstić information content (AvgIpc) is 2.82. The first-order valence-electron chi connectivity index (χ1n) is 5.36. The summed E-state index contributed by atoms with van der Waals surface area (Å²) < 4.78 is 3.66. The molecule has 0 saturated heterocycles. The molecule has 0 atom stereocenters. The Morgan fingerprint density at radius 1 is 1.44 bits per heavy atom. The molecule has 6 heteroatoms. The van der Waals surface area contributed by atoms with Crippen LogP contribution in [0, 0.1) is 0 Å². The number of nitrogens with two attached hydrogens (primary N) is 1. The molecule has 6 nitrogen and oxygen atoms in total. The van der Waals surface area contributed by atoms with E-state index in [0.29, 0.717) is 5.82 Å². The van der Waals surface area contributed by atoms with Gasteiger partial charge in [0, 0.05) is 19.8 Å². The van der Waals surface area contributed by atoms with E-state index in [1.807, 2.05) is 24.1 Å². The fourth-order valence-corrected chi connectivity index (χ4v) is 1.73. The van der Waals surface area contributed by atoms with Gasteiger partial charge in [0.25, 0.3) is 0 Å². The second-order valence-corrected chi connectivity index (χ2v) is 3.77. The zero-order valence-corrected chi connectivity index (χ0v) is 9.59. The van der Waals surface area contributed by atoms with Gasteiger partial charge in [-0.1, -0.05) is 12.1 Å².